The predicted molar refractivity (Wildman–Crippen MR) is 85.5 cm³/mol. The van der Waals surface area contributed by atoms with Crippen LogP contribution in [-0.4, -0.2) is 52.0 Å². The first-order chi connectivity index (χ1) is 11.5. The summed E-state index contributed by atoms with van der Waals surface area (Å²) in [5.41, 5.74) is 0.578. The number of hydrogen-bond acceptors (Lipinski definition) is 6. The maximum absolute atomic E-state index is 12.8. The average molecular weight is 348 g/mol. The number of benzene rings is 1. The number of aliphatic hydroxyl groups is 1. The van der Waals surface area contributed by atoms with Crippen molar-refractivity contribution in [3.63, 3.8) is 0 Å². The van der Waals surface area contributed by atoms with Crippen molar-refractivity contribution >= 4 is 35.4 Å². The first-order valence-electron chi connectivity index (χ1n) is 7.63. The molecule has 0 saturated carbocycles. The maximum Gasteiger partial charge on any atom is 0.263 e. The largest absolute Gasteiger partial charge is 0.396 e. The van der Waals surface area contributed by atoms with Gasteiger partial charge < -0.3 is 5.11 Å². The Bertz CT molecular complexity index is 733. The Kier molecular flexibility index (Phi) is 4.68. The number of rotatable bonds is 5. The molecule has 1 saturated heterocycles. The van der Waals surface area contributed by atoms with Crippen LogP contribution < -0.4 is 5.32 Å². The monoisotopic (exact) mass is 348 g/mol. The van der Waals surface area contributed by atoms with Crippen molar-refractivity contribution in [3.05, 3.63) is 29.3 Å². The summed E-state index contributed by atoms with van der Waals surface area (Å²) in [6.07, 6.45) is 0.818. The molecule has 4 amide bonds. The number of carbonyl (C=O) groups is 4. The van der Waals surface area contributed by atoms with E-state index in [0.29, 0.717) is 22.6 Å². The van der Waals surface area contributed by atoms with Crippen molar-refractivity contribution < 1.29 is 24.3 Å². The first kappa shape index (κ1) is 16.7. The van der Waals surface area contributed by atoms with E-state index >= 15 is 0 Å². The van der Waals surface area contributed by atoms with Gasteiger partial charge in [0.05, 0.1) is 11.1 Å². The Morgan fingerprint density at radius 3 is 2.71 bits per heavy atom. The molecule has 2 aliphatic rings. The second-order valence-corrected chi connectivity index (χ2v) is 6.69. The highest BCUT2D eigenvalue weighted by molar-refractivity contribution is 7.99. The topological polar surface area (TPSA) is 104 Å². The van der Waals surface area contributed by atoms with E-state index in [4.69, 9.17) is 5.11 Å². The van der Waals surface area contributed by atoms with Gasteiger partial charge in [0, 0.05) is 23.7 Å². The SMILES string of the molecule is O=C1CCC(N2C(=O)c3cccc(SCCCO)c3C2=O)C(=O)N1. The molecule has 3 rings (SSSR count). The number of hydrogen-bond donors (Lipinski definition) is 2. The summed E-state index contributed by atoms with van der Waals surface area (Å²) in [7, 11) is 0. The molecule has 24 heavy (non-hydrogen) atoms. The molecule has 1 aromatic carbocycles. The Hall–Kier alpha value is -2.19. The van der Waals surface area contributed by atoms with Gasteiger partial charge in [-0.3, -0.25) is 29.4 Å². The highest BCUT2D eigenvalue weighted by Crippen LogP contribution is 2.34. The van der Waals surface area contributed by atoms with Gasteiger partial charge in [-0.25, -0.2) is 0 Å². The molecule has 0 bridgehead atoms. The second kappa shape index (κ2) is 6.74. The fourth-order valence-electron chi connectivity index (χ4n) is 2.85. The van der Waals surface area contributed by atoms with Crippen molar-refractivity contribution in [2.75, 3.05) is 12.4 Å². The predicted octanol–water partition coefficient (Wildman–Crippen LogP) is 0.562. The van der Waals surface area contributed by atoms with Crippen LogP contribution in [0.15, 0.2) is 23.1 Å². The zero-order valence-electron chi connectivity index (χ0n) is 12.8. The first-order valence-corrected chi connectivity index (χ1v) is 8.61. The van der Waals surface area contributed by atoms with Crippen molar-refractivity contribution in [2.24, 2.45) is 0 Å². The zero-order valence-corrected chi connectivity index (χ0v) is 13.6. The molecule has 7 nitrogen and oxygen atoms in total. The molecule has 0 spiro atoms. The van der Waals surface area contributed by atoms with Gasteiger partial charge in [0.2, 0.25) is 11.8 Å². The fourth-order valence-corrected chi connectivity index (χ4v) is 3.86. The second-order valence-electron chi connectivity index (χ2n) is 5.55. The van der Waals surface area contributed by atoms with Gasteiger partial charge in [-0.1, -0.05) is 6.07 Å². The lowest BCUT2D eigenvalue weighted by molar-refractivity contribution is -0.136. The highest BCUT2D eigenvalue weighted by atomic mass is 32.2. The Labute approximate surface area is 142 Å². The van der Waals surface area contributed by atoms with Gasteiger partial charge in [0.25, 0.3) is 11.8 Å². The van der Waals surface area contributed by atoms with E-state index in [0.717, 1.165) is 4.90 Å². The quantitative estimate of drug-likeness (QED) is 0.458. The van der Waals surface area contributed by atoms with Gasteiger partial charge >= 0.3 is 0 Å². The number of imide groups is 2. The van der Waals surface area contributed by atoms with Crippen molar-refractivity contribution in [2.45, 2.75) is 30.2 Å². The molecular weight excluding hydrogens is 332 g/mol. The maximum atomic E-state index is 12.8. The number of thioether (sulfide) groups is 1. The molecule has 0 aromatic heterocycles. The van der Waals surface area contributed by atoms with Crippen LogP contribution >= 0.6 is 11.8 Å². The molecule has 2 N–H and O–H groups in total. The van der Waals surface area contributed by atoms with Gasteiger partial charge in [-0.15, -0.1) is 11.8 Å². The molecule has 2 heterocycles. The summed E-state index contributed by atoms with van der Waals surface area (Å²) in [6.45, 7) is 0.0529. The molecule has 1 atom stereocenters. The lowest BCUT2D eigenvalue weighted by Gasteiger charge is -2.27. The van der Waals surface area contributed by atoms with Crippen molar-refractivity contribution in [1.29, 1.82) is 0 Å². The normalized spacial score (nSPS) is 20.4. The Morgan fingerprint density at radius 1 is 1.21 bits per heavy atom. The Morgan fingerprint density at radius 2 is 2.00 bits per heavy atom. The Balaban J connectivity index is 1.89. The van der Waals surface area contributed by atoms with Crippen molar-refractivity contribution in [1.82, 2.24) is 10.2 Å². The van der Waals surface area contributed by atoms with Crippen LogP contribution in [0.1, 0.15) is 40.0 Å². The van der Waals surface area contributed by atoms with Crippen LogP contribution in [0.5, 0.6) is 0 Å². The molecule has 0 radical (unpaired) electrons. The van der Waals surface area contributed by atoms with Gasteiger partial charge in [0.15, 0.2) is 0 Å². The number of piperidine rings is 1. The van der Waals surface area contributed by atoms with E-state index in [1.54, 1.807) is 18.2 Å². The van der Waals surface area contributed by atoms with E-state index in [9.17, 15) is 19.2 Å². The minimum Gasteiger partial charge on any atom is -0.396 e. The number of nitrogens with one attached hydrogen (secondary N) is 1. The molecule has 1 aromatic rings. The number of aliphatic hydroxyl groups excluding tert-OH is 1. The molecule has 1 unspecified atom stereocenters. The molecule has 1 fully saturated rings. The zero-order chi connectivity index (χ0) is 17.3. The lowest BCUT2D eigenvalue weighted by atomic mass is 10.0. The van der Waals surface area contributed by atoms with E-state index in [-0.39, 0.29) is 25.0 Å². The number of nitrogens with zero attached hydrogens (tertiary/aromatic N) is 1. The third-order valence-corrected chi connectivity index (χ3v) is 5.13. The van der Waals surface area contributed by atoms with Gasteiger partial charge in [-0.2, -0.15) is 0 Å². The third kappa shape index (κ3) is 2.83. The number of fused-ring (bicyclic) bond motifs is 1. The van der Waals surface area contributed by atoms with Crippen LogP contribution in [0.4, 0.5) is 0 Å². The van der Waals surface area contributed by atoms with Gasteiger partial charge in [0.1, 0.15) is 6.04 Å². The molecule has 0 aliphatic carbocycles. The summed E-state index contributed by atoms with van der Waals surface area (Å²) >= 11 is 1.39. The van der Waals surface area contributed by atoms with Crippen LogP contribution in [0.3, 0.4) is 0 Å². The third-order valence-electron chi connectivity index (χ3n) is 3.99. The van der Waals surface area contributed by atoms with E-state index < -0.39 is 29.7 Å². The lowest BCUT2D eigenvalue weighted by Crippen LogP contribution is -2.54. The van der Waals surface area contributed by atoms with Crippen LogP contribution in [0.2, 0.25) is 0 Å². The molecule has 2 aliphatic heterocycles. The van der Waals surface area contributed by atoms with Gasteiger partial charge in [-0.05, 0) is 25.0 Å². The van der Waals surface area contributed by atoms with Crippen LogP contribution in [0, 0.1) is 0 Å². The summed E-state index contributed by atoms with van der Waals surface area (Å²) < 4.78 is 0. The summed E-state index contributed by atoms with van der Waals surface area (Å²) in [5.74, 6) is -1.40. The number of carbonyl (C=O) groups excluding carboxylic acids is 4. The van der Waals surface area contributed by atoms with Crippen LogP contribution in [-0.2, 0) is 9.59 Å². The molecular formula is C16H16N2O5S. The van der Waals surface area contributed by atoms with Crippen molar-refractivity contribution in [3.8, 4) is 0 Å². The molecule has 8 heteroatoms. The minimum absolute atomic E-state index is 0.0529. The van der Waals surface area contributed by atoms with E-state index in [1.165, 1.54) is 11.8 Å². The van der Waals surface area contributed by atoms with E-state index in [1.807, 2.05) is 0 Å². The smallest absolute Gasteiger partial charge is 0.263 e. The summed E-state index contributed by atoms with van der Waals surface area (Å²) in [4.78, 5) is 50.3. The number of amides is 4. The highest BCUT2D eigenvalue weighted by Gasteiger charge is 2.45. The summed E-state index contributed by atoms with van der Waals surface area (Å²) in [6, 6.07) is 4.06. The van der Waals surface area contributed by atoms with E-state index in [2.05, 4.69) is 5.32 Å². The average Bonchev–Trinajstić information content (AvgIpc) is 2.81. The van der Waals surface area contributed by atoms with Crippen LogP contribution in [0.25, 0.3) is 0 Å². The standard InChI is InChI=1S/C16H16N2O5S/c19-7-2-8-24-11-4-1-3-9-13(11)16(23)18(15(9)22)10-5-6-12(20)17-14(10)21/h1,3-4,10,19H,2,5-8H2,(H,17,20,21). The minimum atomic E-state index is -0.953. The fraction of sp³-hybridized carbons (Fsp3) is 0.375. The summed E-state index contributed by atoms with van der Waals surface area (Å²) in [5, 5.41) is 11.1. The molecule has 126 valence electrons.